The van der Waals surface area contributed by atoms with Gasteiger partial charge in [0.25, 0.3) is 0 Å². The molecule has 50 heavy (non-hydrogen) atoms. The monoisotopic (exact) mass is 696 g/mol. The van der Waals surface area contributed by atoms with Gasteiger partial charge in [0.1, 0.15) is 25.0 Å². The Balaban J connectivity index is 1.61. The van der Waals surface area contributed by atoms with Gasteiger partial charge in [-0.1, -0.05) is 111 Å². The molecule has 0 spiro atoms. The van der Waals surface area contributed by atoms with E-state index in [2.05, 4.69) is 25.0 Å². The number of amides is 1. The van der Waals surface area contributed by atoms with Gasteiger partial charge >= 0.3 is 18.0 Å². The van der Waals surface area contributed by atoms with Crippen molar-refractivity contribution in [1.82, 2.24) is 5.32 Å². The largest absolute Gasteiger partial charge is 0.489 e. The van der Waals surface area contributed by atoms with Crippen molar-refractivity contribution in [1.29, 1.82) is 0 Å². The lowest BCUT2D eigenvalue weighted by atomic mass is 9.95. The van der Waals surface area contributed by atoms with Crippen LogP contribution in [0.3, 0.4) is 0 Å². The molecular formula is C40H48N2O7Si. The second-order valence-electron chi connectivity index (χ2n) is 13.5. The number of ether oxygens (including phenoxy) is 4. The quantitative estimate of drug-likeness (QED) is 0.0682. The van der Waals surface area contributed by atoms with Gasteiger partial charge in [-0.2, -0.15) is 0 Å². The van der Waals surface area contributed by atoms with Crippen LogP contribution in [0.5, 0.6) is 5.75 Å². The Morgan fingerprint density at radius 3 is 2.04 bits per heavy atom. The molecule has 4 rings (SSSR count). The molecule has 0 saturated heterocycles. The maximum absolute atomic E-state index is 13.6. The number of carbonyl (C=O) groups is 3. The summed E-state index contributed by atoms with van der Waals surface area (Å²) < 4.78 is 22.3. The first-order chi connectivity index (χ1) is 24.0. The number of methoxy groups -OCH3 is 1. The van der Waals surface area contributed by atoms with Gasteiger partial charge < -0.3 is 30.0 Å². The van der Waals surface area contributed by atoms with E-state index in [1.165, 1.54) is 7.11 Å². The molecule has 0 aromatic heterocycles. The van der Waals surface area contributed by atoms with Crippen molar-refractivity contribution in [3.63, 3.8) is 0 Å². The first kappa shape index (κ1) is 37.9. The Morgan fingerprint density at radius 1 is 0.740 bits per heavy atom. The van der Waals surface area contributed by atoms with Crippen LogP contribution in [-0.4, -0.2) is 51.9 Å². The van der Waals surface area contributed by atoms with E-state index in [0.29, 0.717) is 24.3 Å². The van der Waals surface area contributed by atoms with Crippen molar-refractivity contribution in [2.24, 2.45) is 5.73 Å². The normalized spacial score (nSPS) is 12.3. The lowest BCUT2D eigenvalue weighted by molar-refractivity contribution is -0.145. The molecule has 0 bridgehead atoms. The van der Waals surface area contributed by atoms with Crippen LogP contribution in [0.2, 0.25) is 25.7 Å². The lowest BCUT2D eigenvalue weighted by Gasteiger charge is -2.21. The molecule has 2 unspecified atom stereocenters. The van der Waals surface area contributed by atoms with Crippen molar-refractivity contribution >= 4 is 26.1 Å². The van der Waals surface area contributed by atoms with E-state index in [9.17, 15) is 14.4 Å². The summed E-state index contributed by atoms with van der Waals surface area (Å²) in [4.78, 5) is 38.4. The fourth-order valence-electron chi connectivity index (χ4n) is 5.22. The molecule has 0 aliphatic rings. The molecule has 9 nitrogen and oxygen atoms in total. The number of carbonyl (C=O) groups excluding carboxylic acids is 3. The number of nitrogens with two attached hydrogens (primary N) is 1. The van der Waals surface area contributed by atoms with E-state index in [1.54, 1.807) is 0 Å². The summed E-state index contributed by atoms with van der Waals surface area (Å²) in [6.45, 7) is 7.28. The van der Waals surface area contributed by atoms with Gasteiger partial charge in [-0.15, -0.1) is 0 Å². The number of hydrogen-bond donors (Lipinski definition) is 2. The van der Waals surface area contributed by atoms with E-state index < -0.39 is 26.2 Å². The van der Waals surface area contributed by atoms with Gasteiger partial charge in [-0.3, -0.25) is 4.79 Å². The molecule has 0 aliphatic carbocycles. The van der Waals surface area contributed by atoms with Crippen molar-refractivity contribution < 1.29 is 33.3 Å². The Hall–Kier alpha value is -4.93. The fraction of sp³-hybridized carbons (Fsp3) is 0.325. The van der Waals surface area contributed by atoms with Crippen LogP contribution in [0, 0.1) is 0 Å². The number of nitrogens with one attached hydrogen (secondary N) is 1. The van der Waals surface area contributed by atoms with Crippen LogP contribution in [-0.2, 0) is 49.9 Å². The number of esters is 2. The van der Waals surface area contributed by atoms with Gasteiger partial charge in [-0.05, 0) is 58.0 Å². The smallest absolute Gasteiger partial charge is 0.408 e. The van der Waals surface area contributed by atoms with Crippen molar-refractivity contribution in [3.05, 3.63) is 125 Å². The Morgan fingerprint density at radius 2 is 1.38 bits per heavy atom. The van der Waals surface area contributed by atoms with Crippen molar-refractivity contribution in [3.8, 4) is 16.9 Å². The van der Waals surface area contributed by atoms with E-state index in [4.69, 9.17) is 24.7 Å². The molecule has 0 saturated carbocycles. The third-order valence-corrected chi connectivity index (χ3v) is 9.73. The zero-order chi connectivity index (χ0) is 35.9. The average Bonchev–Trinajstić information content (AvgIpc) is 3.10. The van der Waals surface area contributed by atoms with Crippen LogP contribution < -0.4 is 15.8 Å². The molecule has 2 atom stereocenters. The molecule has 4 aromatic rings. The van der Waals surface area contributed by atoms with E-state index in [0.717, 1.165) is 33.9 Å². The molecule has 0 heterocycles. The SMILES string of the molecule is COC(=O)CC(N)Cc1cccc(-c2ccc(OCc3ccccc3)c(CC(NC(=O)OCc3ccccc3)C(=O)OCC[Si](C)(C)C)c2)c1. The minimum atomic E-state index is -1.48. The lowest BCUT2D eigenvalue weighted by Crippen LogP contribution is -2.44. The maximum atomic E-state index is 13.6. The molecule has 4 aromatic carbocycles. The highest BCUT2D eigenvalue weighted by molar-refractivity contribution is 6.76. The summed E-state index contributed by atoms with van der Waals surface area (Å²) in [5, 5.41) is 2.76. The number of benzene rings is 4. The van der Waals surface area contributed by atoms with Gasteiger partial charge in [0, 0.05) is 20.5 Å². The Kier molecular flexibility index (Phi) is 14.2. The van der Waals surface area contributed by atoms with E-state index in [-0.39, 0.29) is 38.1 Å². The zero-order valence-corrected chi connectivity index (χ0v) is 30.4. The number of hydrogen-bond acceptors (Lipinski definition) is 8. The second kappa shape index (κ2) is 18.7. The summed E-state index contributed by atoms with van der Waals surface area (Å²) >= 11 is 0. The van der Waals surface area contributed by atoms with Crippen molar-refractivity contribution in [2.75, 3.05) is 13.7 Å². The molecule has 0 radical (unpaired) electrons. The summed E-state index contributed by atoms with van der Waals surface area (Å²) in [6, 6.07) is 32.3. The van der Waals surface area contributed by atoms with Crippen LogP contribution >= 0.6 is 0 Å². The summed E-state index contributed by atoms with van der Waals surface area (Å²) in [5.74, 6) is -0.315. The Bertz CT molecular complexity index is 1690. The third-order valence-electron chi connectivity index (χ3n) is 8.02. The average molecular weight is 697 g/mol. The first-order valence-corrected chi connectivity index (χ1v) is 20.5. The number of alkyl carbamates (subject to hydrolysis) is 1. The zero-order valence-electron chi connectivity index (χ0n) is 29.4. The molecule has 0 aliphatic heterocycles. The standard InChI is InChI=1S/C40H48N2O7Si/c1-46-38(43)26-35(41)23-31-16-11-17-32(22-31)33-18-19-37(48-27-29-12-7-5-8-13-29)34(24-33)25-36(39(44)47-20-21-50(2,3)4)42-40(45)49-28-30-14-9-6-10-15-30/h5-19,22,24,35-36H,20-21,23,25-28,41H2,1-4H3,(H,42,45). The van der Waals surface area contributed by atoms with E-state index >= 15 is 0 Å². The van der Waals surface area contributed by atoms with E-state index in [1.807, 2.05) is 103 Å². The first-order valence-electron chi connectivity index (χ1n) is 16.8. The van der Waals surface area contributed by atoms with Gasteiger partial charge in [-0.25, -0.2) is 9.59 Å². The molecule has 0 fully saturated rings. The molecule has 10 heteroatoms. The Labute approximate surface area is 296 Å². The minimum absolute atomic E-state index is 0.0601. The molecule has 264 valence electrons. The van der Waals surface area contributed by atoms with Crippen LogP contribution in [0.15, 0.2) is 103 Å². The predicted octanol–water partition coefficient (Wildman–Crippen LogP) is 7.08. The van der Waals surface area contributed by atoms with Crippen LogP contribution in [0.4, 0.5) is 4.79 Å². The summed E-state index contributed by atoms with van der Waals surface area (Å²) in [7, 11) is -0.129. The highest BCUT2D eigenvalue weighted by Crippen LogP contribution is 2.30. The highest BCUT2D eigenvalue weighted by Gasteiger charge is 2.26. The van der Waals surface area contributed by atoms with Crippen LogP contribution in [0.1, 0.15) is 28.7 Å². The second-order valence-corrected chi connectivity index (χ2v) is 19.1. The van der Waals surface area contributed by atoms with Gasteiger partial charge in [0.15, 0.2) is 0 Å². The third kappa shape index (κ3) is 12.8. The molecular weight excluding hydrogens is 649 g/mol. The summed E-state index contributed by atoms with van der Waals surface area (Å²) in [5.41, 5.74) is 11.5. The number of rotatable bonds is 17. The van der Waals surface area contributed by atoms with Gasteiger partial charge in [0.05, 0.1) is 20.1 Å². The van der Waals surface area contributed by atoms with Crippen molar-refractivity contribution in [2.45, 2.75) is 70.2 Å². The fourth-order valence-corrected chi connectivity index (χ4v) is 5.94. The van der Waals surface area contributed by atoms with Crippen LogP contribution in [0.25, 0.3) is 11.1 Å². The molecule has 1 amide bonds. The maximum Gasteiger partial charge on any atom is 0.408 e. The van der Waals surface area contributed by atoms with Gasteiger partial charge in [0.2, 0.25) is 0 Å². The minimum Gasteiger partial charge on any atom is -0.489 e. The highest BCUT2D eigenvalue weighted by atomic mass is 28.3. The predicted molar refractivity (Wildman–Crippen MR) is 197 cm³/mol. The molecule has 3 N–H and O–H groups in total. The summed E-state index contributed by atoms with van der Waals surface area (Å²) in [6.07, 6.45) is -0.00324. The topological polar surface area (TPSA) is 126 Å².